The molecule has 1 saturated heterocycles. The highest BCUT2D eigenvalue weighted by Crippen LogP contribution is 2.32. The van der Waals surface area contributed by atoms with Crippen LogP contribution in [0.2, 0.25) is 0 Å². The molecule has 2 aliphatic rings. The Morgan fingerprint density at radius 2 is 1.85 bits per heavy atom. The zero-order valence-electron chi connectivity index (χ0n) is 21.6. The van der Waals surface area contributed by atoms with E-state index in [2.05, 4.69) is 31.4 Å². The Kier molecular flexibility index (Phi) is 10.6. The molecule has 1 aliphatic carbocycles. The molecule has 0 spiro atoms. The van der Waals surface area contributed by atoms with Crippen molar-refractivity contribution < 1.29 is 14.3 Å². The SMILES string of the molecule is CCCC(C)(C)[C@H](NC(=O)OC(C)C)C(=S)N1CCC[C@H]1C(=O)NCC1CCC(C(=N)N)CC1. The lowest BCUT2D eigenvalue weighted by Crippen LogP contribution is -2.57. The highest BCUT2D eigenvalue weighted by molar-refractivity contribution is 7.80. The zero-order chi connectivity index (χ0) is 25.5. The van der Waals surface area contributed by atoms with Crippen LogP contribution in [-0.2, 0) is 9.53 Å². The van der Waals surface area contributed by atoms with Crippen molar-refractivity contribution in [3.8, 4) is 0 Å². The van der Waals surface area contributed by atoms with Crippen LogP contribution < -0.4 is 16.4 Å². The van der Waals surface area contributed by atoms with Crippen LogP contribution >= 0.6 is 12.2 Å². The summed E-state index contributed by atoms with van der Waals surface area (Å²) in [5, 5.41) is 13.8. The molecular weight excluding hydrogens is 450 g/mol. The van der Waals surface area contributed by atoms with E-state index >= 15 is 0 Å². The Labute approximate surface area is 210 Å². The minimum absolute atomic E-state index is 0.00495. The van der Waals surface area contributed by atoms with E-state index in [1.165, 1.54) is 0 Å². The van der Waals surface area contributed by atoms with Gasteiger partial charge in [0, 0.05) is 19.0 Å². The number of ether oxygens (including phenoxy) is 1. The molecule has 2 rings (SSSR count). The van der Waals surface area contributed by atoms with E-state index in [0.29, 0.717) is 24.0 Å². The number of nitrogens with zero attached hydrogens (tertiary/aromatic N) is 1. The first kappa shape index (κ1) is 28.3. The number of hydrogen-bond donors (Lipinski definition) is 4. The van der Waals surface area contributed by atoms with Crippen molar-refractivity contribution >= 4 is 35.0 Å². The Hall–Kier alpha value is -1.90. The third-order valence-corrected chi connectivity index (χ3v) is 7.69. The molecule has 2 atom stereocenters. The molecular formula is C25H45N5O3S. The summed E-state index contributed by atoms with van der Waals surface area (Å²) in [5.41, 5.74) is 5.37. The van der Waals surface area contributed by atoms with E-state index < -0.39 is 12.1 Å². The molecule has 34 heavy (non-hydrogen) atoms. The number of alkyl carbamates (subject to hydrolysis) is 1. The monoisotopic (exact) mass is 495 g/mol. The second-order valence-electron chi connectivity index (χ2n) is 10.9. The lowest BCUT2D eigenvalue weighted by Gasteiger charge is -2.39. The number of amides is 2. The molecule has 0 aromatic rings. The molecule has 0 radical (unpaired) electrons. The lowest BCUT2D eigenvalue weighted by molar-refractivity contribution is -0.124. The van der Waals surface area contributed by atoms with Gasteiger partial charge in [0.15, 0.2) is 0 Å². The summed E-state index contributed by atoms with van der Waals surface area (Å²) in [6.07, 6.45) is 6.57. The van der Waals surface area contributed by atoms with E-state index in [9.17, 15) is 9.59 Å². The third-order valence-electron chi connectivity index (χ3n) is 7.22. The van der Waals surface area contributed by atoms with E-state index in [1.54, 1.807) is 0 Å². The molecule has 1 aliphatic heterocycles. The normalized spacial score (nSPS) is 23.9. The number of nitrogens with one attached hydrogen (secondary N) is 3. The van der Waals surface area contributed by atoms with Crippen LogP contribution in [0, 0.1) is 22.7 Å². The third kappa shape index (κ3) is 7.82. The predicted molar refractivity (Wildman–Crippen MR) is 140 cm³/mol. The standard InChI is InChI=1S/C25H45N5O3S/c1-6-13-25(4,5)20(29-24(32)33-16(2)3)23(34)30-14-7-8-19(30)22(31)28-15-17-9-11-18(12-10-17)21(26)27/h16-20H,6-15H2,1-5H3,(H3,26,27)(H,28,31)(H,29,32)/t17?,18?,19-,20+/m0/s1. The Bertz CT molecular complexity index is 734. The van der Waals surface area contributed by atoms with Crippen LogP contribution in [0.4, 0.5) is 4.79 Å². The van der Waals surface area contributed by atoms with Gasteiger partial charge in [-0.1, -0.05) is 39.4 Å². The molecule has 0 aromatic carbocycles. The number of carbonyl (C=O) groups excluding carboxylic acids is 2. The van der Waals surface area contributed by atoms with E-state index in [0.717, 1.165) is 51.4 Å². The number of carbonyl (C=O) groups is 2. The minimum Gasteiger partial charge on any atom is -0.447 e. The first-order valence-electron chi connectivity index (χ1n) is 12.9. The number of hydrogen-bond acceptors (Lipinski definition) is 5. The smallest absolute Gasteiger partial charge is 0.407 e. The van der Waals surface area contributed by atoms with Crippen molar-refractivity contribution in [3.05, 3.63) is 0 Å². The summed E-state index contributed by atoms with van der Waals surface area (Å²) in [7, 11) is 0. The molecule has 5 N–H and O–H groups in total. The molecule has 2 fully saturated rings. The van der Waals surface area contributed by atoms with E-state index in [1.807, 2.05) is 18.7 Å². The number of nitrogens with two attached hydrogens (primary N) is 1. The summed E-state index contributed by atoms with van der Waals surface area (Å²) in [6.45, 7) is 11.3. The van der Waals surface area contributed by atoms with Crippen molar-refractivity contribution in [2.75, 3.05) is 13.1 Å². The second-order valence-corrected chi connectivity index (χ2v) is 11.3. The second kappa shape index (κ2) is 12.7. The first-order valence-corrected chi connectivity index (χ1v) is 13.3. The molecule has 194 valence electrons. The fourth-order valence-corrected chi connectivity index (χ4v) is 5.85. The molecule has 2 amide bonds. The number of likely N-dealkylation sites (tertiary alicyclic amines) is 1. The van der Waals surface area contributed by atoms with Gasteiger partial charge in [-0.2, -0.15) is 0 Å². The average molecular weight is 496 g/mol. The molecule has 1 saturated carbocycles. The highest BCUT2D eigenvalue weighted by atomic mass is 32.1. The van der Waals surface area contributed by atoms with Gasteiger partial charge in [-0.05, 0) is 70.1 Å². The lowest BCUT2D eigenvalue weighted by atomic mass is 9.79. The van der Waals surface area contributed by atoms with Gasteiger partial charge in [-0.15, -0.1) is 0 Å². The van der Waals surface area contributed by atoms with Gasteiger partial charge in [0.2, 0.25) is 5.91 Å². The highest BCUT2D eigenvalue weighted by Gasteiger charge is 2.41. The van der Waals surface area contributed by atoms with Crippen LogP contribution in [-0.4, -0.2) is 59.0 Å². The van der Waals surface area contributed by atoms with Crippen LogP contribution in [0.1, 0.15) is 86.0 Å². The van der Waals surface area contributed by atoms with Crippen molar-refractivity contribution in [2.45, 2.75) is 104 Å². The van der Waals surface area contributed by atoms with Gasteiger partial charge in [0.25, 0.3) is 0 Å². The fourth-order valence-electron chi connectivity index (χ4n) is 5.26. The quantitative estimate of drug-likeness (QED) is 0.207. The van der Waals surface area contributed by atoms with Gasteiger partial charge in [0.05, 0.1) is 18.0 Å². The summed E-state index contributed by atoms with van der Waals surface area (Å²) < 4.78 is 5.34. The van der Waals surface area contributed by atoms with Crippen molar-refractivity contribution in [2.24, 2.45) is 23.0 Å². The van der Waals surface area contributed by atoms with Crippen LogP contribution in [0.15, 0.2) is 0 Å². The van der Waals surface area contributed by atoms with Crippen LogP contribution in [0.5, 0.6) is 0 Å². The molecule has 1 heterocycles. The van der Waals surface area contributed by atoms with Crippen molar-refractivity contribution in [3.63, 3.8) is 0 Å². The van der Waals surface area contributed by atoms with Gasteiger partial charge >= 0.3 is 6.09 Å². The predicted octanol–water partition coefficient (Wildman–Crippen LogP) is 3.97. The van der Waals surface area contributed by atoms with Gasteiger partial charge in [-0.25, -0.2) is 4.79 Å². The molecule has 0 aromatic heterocycles. The maximum absolute atomic E-state index is 13.2. The summed E-state index contributed by atoms with van der Waals surface area (Å²) >= 11 is 5.92. The zero-order valence-corrected chi connectivity index (χ0v) is 22.4. The molecule has 8 nitrogen and oxygen atoms in total. The van der Waals surface area contributed by atoms with E-state index in [4.69, 9.17) is 28.1 Å². The first-order chi connectivity index (χ1) is 16.0. The van der Waals surface area contributed by atoms with Crippen molar-refractivity contribution in [1.29, 1.82) is 5.41 Å². The molecule has 9 heteroatoms. The van der Waals surface area contributed by atoms with Gasteiger partial charge in [-0.3, -0.25) is 10.2 Å². The summed E-state index contributed by atoms with van der Waals surface area (Å²) in [5.74, 6) is 0.896. The minimum atomic E-state index is -0.479. The summed E-state index contributed by atoms with van der Waals surface area (Å²) in [4.78, 5) is 28.3. The van der Waals surface area contributed by atoms with Crippen LogP contribution in [0.3, 0.4) is 0 Å². The topological polar surface area (TPSA) is 121 Å². The number of thiocarbonyl (C=S) groups is 1. The largest absolute Gasteiger partial charge is 0.447 e. The maximum atomic E-state index is 13.2. The van der Waals surface area contributed by atoms with Gasteiger partial charge in [0.1, 0.15) is 11.0 Å². The Morgan fingerprint density at radius 3 is 2.41 bits per heavy atom. The number of rotatable bonds is 10. The Balaban J connectivity index is 2.03. The van der Waals surface area contributed by atoms with Crippen LogP contribution in [0.25, 0.3) is 0 Å². The van der Waals surface area contributed by atoms with Crippen molar-refractivity contribution in [1.82, 2.24) is 15.5 Å². The van der Waals surface area contributed by atoms with E-state index in [-0.39, 0.29) is 35.2 Å². The maximum Gasteiger partial charge on any atom is 0.407 e. The molecule has 0 unspecified atom stereocenters. The Morgan fingerprint density at radius 1 is 1.21 bits per heavy atom. The van der Waals surface area contributed by atoms with Gasteiger partial charge < -0.3 is 26.0 Å². The fraction of sp³-hybridized carbons (Fsp3) is 0.840. The number of amidine groups is 1. The summed E-state index contributed by atoms with van der Waals surface area (Å²) in [6, 6.07) is -0.715. The molecule has 0 bridgehead atoms. The average Bonchev–Trinajstić information content (AvgIpc) is 3.25.